The van der Waals surface area contributed by atoms with E-state index in [1.807, 2.05) is 37.5 Å². The molecule has 2 aliphatic rings. The number of aromatic nitrogens is 3. The molecular formula is C28H30ClF3N4O3. The van der Waals surface area contributed by atoms with Crippen LogP contribution in [0.3, 0.4) is 0 Å². The van der Waals surface area contributed by atoms with Crippen LogP contribution >= 0.6 is 11.6 Å². The number of ether oxygens (including phenoxy) is 2. The zero-order valence-corrected chi connectivity index (χ0v) is 22.7. The molecule has 0 bridgehead atoms. The van der Waals surface area contributed by atoms with Gasteiger partial charge in [0.25, 0.3) is 0 Å². The summed E-state index contributed by atoms with van der Waals surface area (Å²) in [5, 5.41) is 9.55. The van der Waals surface area contributed by atoms with E-state index in [-0.39, 0.29) is 24.3 Å². The average Bonchev–Trinajstić information content (AvgIpc) is 3.18. The molecule has 1 fully saturated rings. The van der Waals surface area contributed by atoms with E-state index < -0.39 is 23.4 Å². The van der Waals surface area contributed by atoms with Crippen molar-refractivity contribution in [3.05, 3.63) is 70.3 Å². The third-order valence-electron chi connectivity index (χ3n) is 6.89. The maximum absolute atomic E-state index is 13.1. The standard InChI is InChI=1S/C28H30ClF3N4O3/c1-27(2,3)39-26(37)35-15-18-13-20(29)9-12-23(18)36-24(16-35)33-34-25(36)17-7-10-21(11-8-17)38-22-6-4-5-19(14-22)28(30,31)32/h4-6,9,12-14,17,21H,7-8,10-11,15-16H2,1-3H3/t17-,21-. The Kier molecular flexibility index (Phi) is 7.26. The summed E-state index contributed by atoms with van der Waals surface area (Å²) in [6.45, 7) is 6.00. The normalized spacial score (nSPS) is 19.6. The van der Waals surface area contributed by atoms with Gasteiger partial charge in [-0.05, 0) is 88.4 Å². The number of amides is 1. The van der Waals surface area contributed by atoms with Crippen molar-refractivity contribution in [1.29, 1.82) is 0 Å². The molecule has 1 amide bonds. The summed E-state index contributed by atoms with van der Waals surface area (Å²) in [7, 11) is 0. The zero-order valence-electron chi connectivity index (χ0n) is 22.0. The molecule has 7 nitrogen and oxygen atoms in total. The van der Waals surface area contributed by atoms with Crippen LogP contribution in [0, 0.1) is 0 Å². The molecule has 0 spiro atoms. The Labute approximate surface area is 229 Å². The summed E-state index contributed by atoms with van der Waals surface area (Å²) >= 11 is 6.32. The van der Waals surface area contributed by atoms with Crippen molar-refractivity contribution in [2.45, 2.75) is 83.3 Å². The number of nitrogens with zero attached hydrogens (tertiary/aromatic N) is 4. The molecular weight excluding hydrogens is 533 g/mol. The number of hydrogen-bond donors (Lipinski definition) is 0. The lowest BCUT2D eigenvalue weighted by molar-refractivity contribution is -0.137. The van der Waals surface area contributed by atoms with Gasteiger partial charge in [0, 0.05) is 10.9 Å². The first-order chi connectivity index (χ1) is 18.4. The maximum atomic E-state index is 13.1. The monoisotopic (exact) mass is 562 g/mol. The van der Waals surface area contributed by atoms with Crippen LogP contribution in [-0.4, -0.2) is 37.5 Å². The van der Waals surface area contributed by atoms with Gasteiger partial charge in [0.2, 0.25) is 0 Å². The van der Waals surface area contributed by atoms with Crippen LogP contribution in [0.25, 0.3) is 5.69 Å². The molecule has 0 radical (unpaired) electrons. The molecule has 1 saturated carbocycles. The van der Waals surface area contributed by atoms with Gasteiger partial charge in [-0.2, -0.15) is 13.2 Å². The van der Waals surface area contributed by atoms with E-state index in [0.717, 1.165) is 42.0 Å². The van der Waals surface area contributed by atoms with Gasteiger partial charge in [-0.3, -0.25) is 9.47 Å². The lowest BCUT2D eigenvalue weighted by Gasteiger charge is -2.29. The first-order valence-electron chi connectivity index (χ1n) is 12.9. The van der Waals surface area contributed by atoms with E-state index in [1.54, 1.807) is 17.0 Å². The number of benzene rings is 2. The van der Waals surface area contributed by atoms with Crippen LogP contribution in [0.4, 0.5) is 18.0 Å². The van der Waals surface area contributed by atoms with E-state index in [0.29, 0.717) is 30.2 Å². The van der Waals surface area contributed by atoms with Crippen molar-refractivity contribution in [1.82, 2.24) is 19.7 Å². The molecule has 5 rings (SSSR count). The van der Waals surface area contributed by atoms with E-state index in [4.69, 9.17) is 21.1 Å². The maximum Gasteiger partial charge on any atom is 0.416 e. The van der Waals surface area contributed by atoms with Gasteiger partial charge in [0.05, 0.1) is 30.4 Å². The highest BCUT2D eigenvalue weighted by Gasteiger charge is 2.34. The lowest BCUT2D eigenvalue weighted by atomic mass is 9.86. The topological polar surface area (TPSA) is 69.5 Å². The van der Waals surface area contributed by atoms with Crippen molar-refractivity contribution < 1.29 is 27.4 Å². The second-order valence-electron chi connectivity index (χ2n) is 11.0. The Morgan fingerprint density at radius 2 is 1.74 bits per heavy atom. The van der Waals surface area contributed by atoms with E-state index in [9.17, 15) is 18.0 Å². The number of rotatable bonds is 3. The minimum atomic E-state index is -4.41. The molecule has 1 aromatic heterocycles. The van der Waals surface area contributed by atoms with Crippen molar-refractivity contribution in [3.63, 3.8) is 0 Å². The fraction of sp³-hybridized carbons (Fsp3) is 0.464. The third-order valence-corrected chi connectivity index (χ3v) is 7.12. The quantitative estimate of drug-likeness (QED) is 0.335. The smallest absolute Gasteiger partial charge is 0.416 e. The summed E-state index contributed by atoms with van der Waals surface area (Å²) in [5.74, 6) is 1.71. The van der Waals surface area contributed by atoms with Crippen molar-refractivity contribution in [2.75, 3.05) is 0 Å². The predicted octanol–water partition coefficient (Wildman–Crippen LogP) is 7.30. The molecule has 0 unspecified atom stereocenters. The minimum absolute atomic E-state index is 0.0733. The second kappa shape index (κ2) is 10.4. The molecule has 0 saturated heterocycles. The first-order valence-corrected chi connectivity index (χ1v) is 13.3. The Morgan fingerprint density at radius 3 is 2.44 bits per heavy atom. The Morgan fingerprint density at radius 1 is 1.00 bits per heavy atom. The molecule has 2 heterocycles. The number of fused-ring (bicyclic) bond motifs is 3. The SMILES string of the molecule is CC(C)(C)OC(=O)N1Cc2cc(Cl)ccc2-n2c(nnc2[C@H]2CC[C@H](Oc3cccc(C(F)(F)F)c3)CC2)C1. The molecule has 11 heteroatoms. The molecule has 1 aliphatic carbocycles. The van der Waals surface area contributed by atoms with E-state index in [2.05, 4.69) is 10.2 Å². The Hall–Kier alpha value is -3.27. The second-order valence-corrected chi connectivity index (χ2v) is 11.5. The fourth-order valence-corrected chi connectivity index (χ4v) is 5.32. The highest BCUT2D eigenvalue weighted by Crippen LogP contribution is 2.38. The third kappa shape index (κ3) is 6.16. The summed E-state index contributed by atoms with van der Waals surface area (Å²) in [6, 6.07) is 10.6. The van der Waals surface area contributed by atoms with Crippen LogP contribution < -0.4 is 4.74 Å². The van der Waals surface area contributed by atoms with Gasteiger partial charge in [-0.15, -0.1) is 10.2 Å². The van der Waals surface area contributed by atoms with Crippen LogP contribution in [-0.2, 0) is 24.0 Å². The summed E-state index contributed by atoms with van der Waals surface area (Å²) in [4.78, 5) is 14.6. The van der Waals surface area contributed by atoms with Crippen molar-refractivity contribution in [2.24, 2.45) is 0 Å². The summed E-state index contributed by atoms with van der Waals surface area (Å²) in [6.07, 6.45) is -2.24. The van der Waals surface area contributed by atoms with Gasteiger partial charge in [-0.25, -0.2) is 4.79 Å². The van der Waals surface area contributed by atoms with E-state index >= 15 is 0 Å². The minimum Gasteiger partial charge on any atom is -0.490 e. The van der Waals surface area contributed by atoms with Crippen LogP contribution in [0.15, 0.2) is 42.5 Å². The van der Waals surface area contributed by atoms with E-state index in [1.165, 1.54) is 6.07 Å². The highest BCUT2D eigenvalue weighted by atomic mass is 35.5. The van der Waals surface area contributed by atoms with Crippen LogP contribution in [0.5, 0.6) is 5.75 Å². The first kappa shape index (κ1) is 27.3. The molecule has 0 atom stereocenters. The lowest BCUT2D eigenvalue weighted by Crippen LogP contribution is -2.35. The van der Waals surface area contributed by atoms with Gasteiger partial charge in [-0.1, -0.05) is 17.7 Å². The number of halogens is 4. The molecule has 208 valence electrons. The molecule has 2 aromatic carbocycles. The molecule has 1 aliphatic heterocycles. The average molecular weight is 563 g/mol. The van der Waals surface area contributed by atoms with Crippen LogP contribution in [0.2, 0.25) is 5.02 Å². The molecule has 39 heavy (non-hydrogen) atoms. The van der Waals surface area contributed by atoms with Gasteiger partial charge in [0.15, 0.2) is 5.82 Å². The van der Waals surface area contributed by atoms with Gasteiger partial charge >= 0.3 is 12.3 Å². The fourth-order valence-electron chi connectivity index (χ4n) is 5.12. The largest absolute Gasteiger partial charge is 0.490 e. The Balaban J connectivity index is 1.35. The van der Waals surface area contributed by atoms with Crippen molar-refractivity contribution in [3.8, 4) is 11.4 Å². The zero-order chi connectivity index (χ0) is 27.9. The number of alkyl halides is 3. The Bertz CT molecular complexity index is 1360. The molecule has 3 aromatic rings. The number of carbonyl (C=O) groups is 1. The summed E-state index contributed by atoms with van der Waals surface area (Å²) < 4.78 is 52.8. The van der Waals surface area contributed by atoms with Crippen LogP contribution in [0.1, 0.15) is 75.1 Å². The predicted molar refractivity (Wildman–Crippen MR) is 139 cm³/mol. The molecule has 0 N–H and O–H groups in total. The summed E-state index contributed by atoms with van der Waals surface area (Å²) in [5.41, 5.74) is 0.352. The van der Waals surface area contributed by atoms with Crippen molar-refractivity contribution >= 4 is 17.7 Å². The number of hydrogen-bond acceptors (Lipinski definition) is 5. The number of carbonyl (C=O) groups excluding carboxylic acids is 1. The van der Waals surface area contributed by atoms with Gasteiger partial charge in [0.1, 0.15) is 17.2 Å². The van der Waals surface area contributed by atoms with Gasteiger partial charge < -0.3 is 9.47 Å². The highest BCUT2D eigenvalue weighted by molar-refractivity contribution is 6.30.